The Morgan fingerprint density at radius 1 is 1.17 bits per heavy atom. The third-order valence-electron chi connectivity index (χ3n) is 2.01. The van der Waals surface area contributed by atoms with Gasteiger partial charge in [-0.05, 0) is 30.4 Å². The van der Waals surface area contributed by atoms with Crippen molar-refractivity contribution >= 4 is 6.41 Å². The maximum Gasteiger partial charge on any atom is 0.204 e. The maximum absolute atomic E-state index is 8.58. The van der Waals surface area contributed by atoms with Crippen molar-refractivity contribution in [2.45, 2.75) is 19.3 Å². The van der Waals surface area contributed by atoms with E-state index in [-0.39, 0.29) is 6.41 Å². The van der Waals surface area contributed by atoms with Crippen molar-refractivity contribution < 1.29 is 4.79 Å². The van der Waals surface area contributed by atoms with Gasteiger partial charge in [-0.1, -0.05) is 24.3 Å². The molecule has 64 valence electrons. The number of hydrogen-bond acceptors (Lipinski definition) is 1. The van der Waals surface area contributed by atoms with Crippen molar-refractivity contribution in [1.29, 1.82) is 0 Å². The van der Waals surface area contributed by atoms with E-state index in [9.17, 15) is 0 Å². The second-order valence-electron chi connectivity index (χ2n) is 2.76. The van der Waals surface area contributed by atoms with Crippen molar-refractivity contribution in [1.82, 2.24) is 0 Å². The SMILES string of the molecule is NC=O.c1ccc2c(c1)CCC2. The highest BCUT2D eigenvalue weighted by Gasteiger charge is 2.07. The highest BCUT2D eigenvalue weighted by molar-refractivity contribution is 5.42. The van der Waals surface area contributed by atoms with Crippen LogP contribution in [0.5, 0.6) is 0 Å². The lowest BCUT2D eigenvalue weighted by molar-refractivity contribution is -0.106. The zero-order valence-corrected chi connectivity index (χ0v) is 6.99. The molecule has 0 aliphatic heterocycles. The van der Waals surface area contributed by atoms with Gasteiger partial charge in [-0.3, -0.25) is 4.79 Å². The fourth-order valence-corrected chi connectivity index (χ4v) is 1.51. The predicted octanol–water partition coefficient (Wildman–Crippen LogP) is 1.28. The zero-order chi connectivity index (χ0) is 8.81. The monoisotopic (exact) mass is 163 g/mol. The number of carbonyl (C=O) groups excluding carboxylic acids is 1. The van der Waals surface area contributed by atoms with E-state index < -0.39 is 0 Å². The molecule has 2 rings (SSSR count). The van der Waals surface area contributed by atoms with E-state index >= 15 is 0 Å². The summed E-state index contributed by atoms with van der Waals surface area (Å²) in [4.78, 5) is 8.58. The molecule has 0 aromatic heterocycles. The molecule has 0 atom stereocenters. The number of hydrogen-bond donors (Lipinski definition) is 1. The second kappa shape index (κ2) is 4.54. The summed E-state index contributed by atoms with van der Waals surface area (Å²) in [5.74, 6) is 0. The Morgan fingerprint density at radius 2 is 1.58 bits per heavy atom. The summed E-state index contributed by atoms with van der Waals surface area (Å²) in [6, 6.07) is 8.74. The van der Waals surface area contributed by atoms with Crippen molar-refractivity contribution in [3.63, 3.8) is 0 Å². The van der Waals surface area contributed by atoms with Crippen LogP contribution in [0.25, 0.3) is 0 Å². The minimum absolute atomic E-state index is 0.250. The first-order chi connectivity index (χ1) is 5.88. The van der Waals surface area contributed by atoms with E-state index in [1.54, 1.807) is 11.1 Å². The lowest BCUT2D eigenvalue weighted by Gasteiger charge is -1.93. The topological polar surface area (TPSA) is 43.1 Å². The summed E-state index contributed by atoms with van der Waals surface area (Å²) in [6.07, 6.45) is 4.21. The number of primary amides is 1. The van der Waals surface area contributed by atoms with Gasteiger partial charge in [0.15, 0.2) is 0 Å². The fourth-order valence-electron chi connectivity index (χ4n) is 1.51. The minimum atomic E-state index is 0.250. The number of amides is 1. The molecule has 0 bridgehead atoms. The third kappa shape index (κ3) is 2.09. The van der Waals surface area contributed by atoms with E-state index in [1.807, 2.05) is 0 Å². The van der Waals surface area contributed by atoms with Gasteiger partial charge in [-0.15, -0.1) is 0 Å². The number of carbonyl (C=O) groups is 1. The molecular formula is C10H13NO. The zero-order valence-electron chi connectivity index (χ0n) is 6.99. The number of nitrogens with two attached hydrogens (primary N) is 1. The van der Waals surface area contributed by atoms with E-state index in [1.165, 1.54) is 19.3 Å². The minimum Gasteiger partial charge on any atom is -0.372 e. The predicted molar refractivity (Wildman–Crippen MR) is 48.7 cm³/mol. The maximum atomic E-state index is 8.58. The average Bonchev–Trinajstić information content (AvgIpc) is 2.52. The van der Waals surface area contributed by atoms with E-state index in [2.05, 4.69) is 30.0 Å². The molecule has 0 fully saturated rings. The Morgan fingerprint density at radius 3 is 2.00 bits per heavy atom. The van der Waals surface area contributed by atoms with Crippen LogP contribution in [0.3, 0.4) is 0 Å². The number of benzene rings is 1. The molecule has 1 amide bonds. The standard InChI is InChI=1S/C9H10.CH3NO/c1-2-5-9-7-3-6-8(9)4-1;2-1-3/h1-2,4-5H,3,6-7H2;1H,(H2,2,3). The smallest absolute Gasteiger partial charge is 0.204 e. The number of fused-ring (bicyclic) bond motifs is 1. The van der Waals surface area contributed by atoms with Crippen LogP contribution in [0.4, 0.5) is 0 Å². The first-order valence-corrected chi connectivity index (χ1v) is 4.10. The quantitative estimate of drug-likeness (QED) is 0.575. The third-order valence-corrected chi connectivity index (χ3v) is 2.01. The Kier molecular flexibility index (Phi) is 3.33. The molecule has 1 aromatic carbocycles. The van der Waals surface area contributed by atoms with Crippen LogP contribution in [0, 0.1) is 0 Å². The molecule has 12 heavy (non-hydrogen) atoms. The van der Waals surface area contributed by atoms with Crippen molar-refractivity contribution in [3.8, 4) is 0 Å². The lowest BCUT2D eigenvalue weighted by atomic mass is 10.1. The molecule has 1 aliphatic carbocycles. The van der Waals surface area contributed by atoms with Crippen LogP contribution >= 0.6 is 0 Å². The first-order valence-electron chi connectivity index (χ1n) is 4.10. The molecule has 0 radical (unpaired) electrons. The van der Waals surface area contributed by atoms with Crippen molar-refractivity contribution in [2.75, 3.05) is 0 Å². The molecular weight excluding hydrogens is 150 g/mol. The summed E-state index contributed by atoms with van der Waals surface area (Å²) in [7, 11) is 0. The first kappa shape index (κ1) is 8.78. The molecule has 0 saturated carbocycles. The molecule has 2 heteroatoms. The molecule has 1 aromatic rings. The van der Waals surface area contributed by atoms with Gasteiger partial charge < -0.3 is 5.73 Å². The highest BCUT2D eigenvalue weighted by atomic mass is 16.1. The molecule has 0 saturated heterocycles. The van der Waals surface area contributed by atoms with Gasteiger partial charge in [0.2, 0.25) is 6.41 Å². The van der Waals surface area contributed by atoms with Gasteiger partial charge >= 0.3 is 0 Å². The van der Waals surface area contributed by atoms with Gasteiger partial charge in [0.1, 0.15) is 0 Å². The van der Waals surface area contributed by atoms with E-state index in [4.69, 9.17) is 4.79 Å². The van der Waals surface area contributed by atoms with Gasteiger partial charge in [-0.25, -0.2) is 0 Å². The van der Waals surface area contributed by atoms with Crippen molar-refractivity contribution in [2.24, 2.45) is 5.73 Å². The Hall–Kier alpha value is -1.31. The summed E-state index contributed by atoms with van der Waals surface area (Å²) in [5, 5.41) is 0. The molecule has 0 spiro atoms. The summed E-state index contributed by atoms with van der Waals surface area (Å²) in [5.41, 5.74) is 7.30. The van der Waals surface area contributed by atoms with Gasteiger partial charge in [0, 0.05) is 0 Å². The molecule has 1 aliphatic rings. The number of aryl methyl sites for hydroxylation is 2. The Labute approximate surface area is 72.4 Å². The molecule has 0 heterocycles. The average molecular weight is 163 g/mol. The molecule has 0 unspecified atom stereocenters. The Bertz CT molecular complexity index is 235. The van der Waals surface area contributed by atoms with E-state index in [0.717, 1.165) is 0 Å². The molecule has 2 nitrogen and oxygen atoms in total. The normalized spacial score (nSPS) is 12.7. The lowest BCUT2D eigenvalue weighted by Crippen LogP contribution is -1.82. The van der Waals surface area contributed by atoms with Crippen LogP contribution in [-0.2, 0) is 17.6 Å². The van der Waals surface area contributed by atoms with Gasteiger partial charge in [0.05, 0.1) is 0 Å². The van der Waals surface area contributed by atoms with Crippen molar-refractivity contribution in [3.05, 3.63) is 35.4 Å². The summed E-state index contributed by atoms with van der Waals surface area (Å²) < 4.78 is 0. The van der Waals surface area contributed by atoms with Gasteiger partial charge in [-0.2, -0.15) is 0 Å². The highest BCUT2D eigenvalue weighted by Crippen LogP contribution is 2.20. The fraction of sp³-hybridized carbons (Fsp3) is 0.300. The number of rotatable bonds is 0. The van der Waals surface area contributed by atoms with Crippen LogP contribution in [-0.4, -0.2) is 6.41 Å². The summed E-state index contributed by atoms with van der Waals surface area (Å²) >= 11 is 0. The Balaban J connectivity index is 0.000000213. The second-order valence-corrected chi connectivity index (χ2v) is 2.76. The summed E-state index contributed by atoms with van der Waals surface area (Å²) in [6.45, 7) is 0. The van der Waals surface area contributed by atoms with Crippen LogP contribution in [0.1, 0.15) is 17.5 Å². The van der Waals surface area contributed by atoms with Crippen LogP contribution in [0.15, 0.2) is 24.3 Å². The van der Waals surface area contributed by atoms with E-state index in [0.29, 0.717) is 0 Å². The van der Waals surface area contributed by atoms with Gasteiger partial charge in [0.25, 0.3) is 0 Å². The largest absolute Gasteiger partial charge is 0.372 e. The van der Waals surface area contributed by atoms with Crippen LogP contribution in [0.2, 0.25) is 0 Å². The molecule has 2 N–H and O–H groups in total. The van der Waals surface area contributed by atoms with Crippen LogP contribution < -0.4 is 5.73 Å².